The van der Waals surface area contributed by atoms with Crippen molar-refractivity contribution in [1.29, 1.82) is 0 Å². The van der Waals surface area contributed by atoms with Crippen LogP contribution < -0.4 is 10.1 Å². The van der Waals surface area contributed by atoms with Crippen LogP contribution in [0.2, 0.25) is 0 Å². The Kier molecular flexibility index (Phi) is 6.85. The van der Waals surface area contributed by atoms with Crippen LogP contribution in [0.1, 0.15) is 17.2 Å². The van der Waals surface area contributed by atoms with Crippen LogP contribution in [0.15, 0.2) is 60.7 Å². The second-order valence-electron chi connectivity index (χ2n) is 5.72. The molecule has 0 saturated carbocycles. The molecule has 0 fully saturated rings. The van der Waals surface area contributed by atoms with E-state index in [0.717, 1.165) is 18.8 Å². The Balaban J connectivity index is 1.86. The summed E-state index contributed by atoms with van der Waals surface area (Å²) >= 11 is 0. The predicted octanol–water partition coefficient (Wildman–Crippen LogP) is 3.60. The molecule has 0 bridgehead atoms. The fraction of sp³-hybridized carbons (Fsp3) is 0.300. The van der Waals surface area contributed by atoms with Gasteiger partial charge < -0.3 is 15.0 Å². The number of rotatable bonds is 8. The molecule has 1 N–H and O–H groups in total. The normalized spacial score (nSPS) is 12.7. The minimum absolute atomic E-state index is 0.339. The summed E-state index contributed by atoms with van der Waals surface area (Å²) < 4.78 is 5.23. The molecule has 0 saturated heterocycles. The Labute approximate surface area is 139 Å². The molecule has 122 valence electrons. The maximum absolute atomic E-state index is 5.23. The molecule has 0 spiro atoms. The lowest BCUT2D eigenvalue weighted by molar-refractivity contribution is 0.291. The zero-order chi connectivity index (χ0) is 16.5. The van der Waals surface area contributed by atoms with Gasteiger partial charge in [0.25, 0.3) is 0 Å². The summed E-state index contributed by atoms with van der Waals surface area (Å²) in [5.74, 6) is 0.894. The van der Waals surface area contributed by atoms with E-state index in [1.807, 2.05) is 18.2 Å². The molecule has 0 aliphatic heterocycles. The van der Waals surface area contributed by atoms with Gasteiger partial charge in [0.05, 0.1) is 7.11 Å². The number of methoxy groups -OCH3 is 1. The van der Waals surface area contributed by atoms with Gasteiger partial charge in [0.1, 0.15) is 5.75 Å². The molecule has 2 aromatic carbocycles. The highest BCUT2D eigenvalue weighted by Gasteiger charge is 2.13. The van der Waals surface area contributed by atoms with E-state index in [9.17, 15) is 0 Å². The van der Waals surface area contributed by atoms with Crippen molar-refractivity contribution in [2.75, 3.05) is 34.3 Å². The lowest BCUT2D eigenvalue weighted by Gasteiger charge is -2.25. The topological polar surface area (TPSA) is 24.5 Å². The number of nitrogens with zero attached hydrogens (tertiary/aromatic N) is 1. The van der Waals surface area contributed by atoms with Gasteiger partial charge in [-0.2, -0.15) is 0 Å². The van der Waals surface area contributed by atoms with Gasteiger partial charge in [-0.15, -0.1) is 0 Å². The minimum Gasteiger partial charge on any atom is -0.497 e. The lowest BCUT2D eigenvalue weighted by atomic mass is 10.1. The number of nitrogens with one attached hydrogen (secondary N) is 1. The molecular formula is C20H26N2O. The van der Waals surface area contributed by atoms with Gasteiger partial charge in [0.15, 0.2) is 0 Å². The fourth-order valence-electron chi connectivity index (χ4n) is 2.49. The maximum Gasteiger partial charge on any atom is 0.118 e. The van der Waals surface area contributed by atoms with Gasteiger partial charge in [-0.25, -0.2) is 0 Å². The highest BCUT2D eigenvalue weighted by molar-refractivity contribution is 5.48. The molecule has 0 aliphatic rings. The molecule has 0 amide bonds. The van der Waals surface area contributed by atoms with Crippen molar-refractivity contribution < 1.29 is 4.74 Å². The van der Waals surface area contributed by atoms with Gasteiger partial charge in [0.2, 0.25) is 0 Å². The van der Waals surface area contributed by atoms with Crippen molar-refractivity contribution in [3.8, 4) is 5.75 Å². The van der Waals surface area contributed by atoms with Crippen LogP contribution in [0.5, 0.6) is 5.75 Å². The summed E-state index contributed by atoms with van der Waals surface area (Å²) in [6.07, 6.45) is 4.31. The molecular weight excluding hydrogens is 284 g/mol. The zero-order valence-electron chi connectivity index (χ0n) is 14.2. The first-order chi connectivity index (χ1) is 11.2. The fourth-order valence-corrected chi connectivity index (χ4v) is 2.49. The van der Waals surface area contributed by atoms with E-state index in [2.05, 4.69) is 72.9 Å². The lowest BCUT2D eigenvalue weighted by Crippen LogP contribution is -2.31. The van der Waals surface area contributed by atoms with E-state index in [4.69, 9.17) is 4.74 Å². The number of likely N-dealkylation sites (N-methyl/N-ethyl adjacent to an activating group) is 1. The monoisotopic (exact) mass is 310 g/mol. The van der Waals surface area contributed by atoms with Crippen molar-refractivity contribution in [3.05, 3.63) is 71.8 Å². The molecule has 0 aromatic heterocycles. The Morgan fingerprint density at radius 3 is 2.35 bits per heavy atom. The third-order valence-corrected chi connectivity index (χ3v) is 3.83. The van der Waals surface area contributed by atoms with Gasteiger partial charge in [-0.05, 0) is 37.4 Å². The van der Waals surface area contributed by atoms with Crippen LogP contribution in [-0.4, -0.2) is 39.2 Å². The largest absolute Gasteiger partial charge is 0.497 e. The van der Waals surface area contributed by atoms with E-state index >= 15 is 0 Å². The van der Waals surface area contributed by atoms with Crippen molar-refractivity contribution in [3.63, 3.8) is 0 Å². The van der Waals surface area contributed by atoms with E-state index in [-0.39, 0.29) is 0 Å². The SMILES string of the molecule is COc1ccc(C(CNC/C=C/c2ccccc2)N(C)C)cc1. The summed E-state index contributed by atoms with van der Waals surface area (Å²) in [5, 5.41) is 3.50. The molecule has 0 aliphatic carbocycles. The van der Waals surface area contributed by atoms with E-state index in [1.165, 1.54) is 11.1 Å². The average Bonchev–Trinajstić information content (AvgIpc) is 2.59. The number of hydrogen-bond acceptors (Lipinski definition) is 3. The quantitative estimate of drug-likeness (QED) is 0.754. The molecule has 1 atom stereocenters. The van der Waals surface area contributed by atoms with Crippen molar-refractivity contribution in [2.24, 2.45) is 0 Å². The second-order valence-corrected chi connectivity index (χ2v) is 5.72. The van der Waals surface area contributed by atoms with Crippen LogP contribution in [-0.2, 0) is 0 Å². The number of benzene rings is 2. The van der Waals surface area contributed by atoms with Crippen LogP contribution in [0.25, 0.3) is 6.08 Å². The van der Waals surface area contributed by atoms with Crippen molar-refractivity contribution in [2.45, 2.75) is 6.04 Å². The molecule has 0 radical (unpaired) electrons. The van der Waals surface area contributed by atoms with E-state index in [0.29, 0.717) is 6.04 Å². The molecule has 0 heterocycles. The van der Waals surface area contributed by atoms with Gasteiger partial charge in [0, 0.05) is 19.1 Å². The Morgan fingerprint density at radius 1 is 1.04 bits per heavy atom. The molecule has 23 heavy (non-hydrogen) atoms. The van der Waals surface area contributed by atoms with Crippen LogP contribution >= 0.6 is 0 Å². The van der Waals surface area contributed by atoms with Crippen molar-refractivity contribution in [1.82, 2.24) is 10.2 Å². The first kappa shape index (κ1) is 17.3. The molecule has 3 heteroatoms. The molecule has 1 unspecified atom stereocenters. The molecule has 2 aromatic rings. The summed E-state index contributed by atoms with van der Waals surface area (Å²) in [4.78, 5) is 2.23. The van der Waals surface area contributed by atoms with Gasteiger partial charge in [-0.1, -0.05) is 54.6 Å². The number of ether oxygens (including phenoxy) is 1. The third kappa shape index (κ3) is 5.55. The highest BCUT2D eigenvalue weighted by atomic mass is 16.5. The van der Waals surface area contributed by atoms with E-state index in [1.54, 1.807) is 7.11 Å². The molecule has 2 rings (SSSR count). The first-order valence-corrected chi connectivity index (χ1v) is 7.93. The van der Waals surface area contributed by atoms with Crippen LogP contribution in [0, 0.1) is 0 Å². The summed E-state index contributed by atoms with van der Waals surface area (Å²) in [6.45, 7) is 1.76. The van der Waals surface area contributed by atoms with Gasteiger partial charge in [-0.3, -0.25) is 0 Å². The third-order valence-electron chi connectivity index (χ3n) is 3.83. The number of hydrogen-bond donors (Lipinski definition) is 1. The molecule has 3 nitrogen and oxygen atoms in total. The van der Waals surface area contributed by atoms with E-state index < -0.39 is 0 Å². The summed E-state index contributed by atoms with van der Waals surface area (Å²) in [7, 11) is 5.91. The average molecular weight is 310 g/mol. The predicted molar refractivity (Wildman–Crippen MR) is 97.8 cm³/mol. The highest BCUT2D eigenvalue weighted by Crippen LogP contribution is 2.20. The Hall–Kier alpha value is -2.10. The first-order valence-electron chi connectivity index (χ1n) is 7.93. The Morgan fingerprint density at radius 2 is 1.74 bits per heavy atom. The van der Waals surface area contributed by atoms with Crippen molar-refractivity contribution >= 4 is 6.08 Å². The summed E-state index contributed by atoms with van der Waals surface area (Å²) in [6, 6.07) is 19.0. The Bertz CT molecular complexity index is 591. The van der Waals surface area contributed by atoms with Crippen LogP contribution in [0.4, 0.5) is 0 Å². The van der Waals surface area contributed by atoms with Crippen LogP contribution in [0.3, 0.4) is 0 Å². The standard InChI is InChI=1S/C20H26N2O/c1-22(2)20(18-11-13-19(23-3)14-12-18)16-21-15-7-10-17-8-5-4-6-9-17/h4-14,20-21H,15-16H2,1-3H3/b10-7+. The summed E-state index contributed by atoms with van der Waals surface area (Å²) in [5.41, 5.74) is 2.52. The smallest absolute Gasteiger partial charge is 0.118 e. The zero-order valence-corrected chi connectivity index (χ0v) is 14.2. The van der Waals surface area contributed by atoms with Gasteiger partial charge >= 0.3 is 0 Å². The maximum atomic E-state index is 5.23. The minimum atomic E-state index is 0.339. The second kappa shape index (κ2) is 9.13.